The second kappa shape index (κ2) is 6.17. The van der Waals surface area contributed by atoms with Gasteiger partial charge in [-0.2, -0.15) is 0 Å². The van der Waals surface area contributed by atoms with Gasteiger partial charge in [0.2, 0.25) is 0 Å². The summed E-state index contributed by atoms with van der Waals surface area (Å²) in [6.45, 7) is 3.89. The lowest BCUT2D eigenvalue weighted by atomic mass is 9.97. The molecule has 82 valence electrons. The van der Waals surface area contributed by atoms with Crippen molar-refractivity contribution in [1.82, 2.24) is 0 Å². The van der Waals surface area contributed by atoms with E-state index < -0.39 is 0 Å². The zero-order valence-electron chi connectivity index (χ0n) is 8.82. The van der Waals surface area contributed by atoms with Crippen molar-refractivity contribution in [3.05, 3.63) is 12.7 Å². The third-order valence-corrected chi connectivity index (χ3v) is 2.65. The third kappa shape index (κ3) is 3.40. The lowest BCUT2D eigenvalue weighted by Crippen LogP contribution is -2.36. The van der Waals surface area contributed by atoms with Crippen LogP contribution in [0.3, 0.4) is 0 Å². The van der Waals surface area contributed by atoms with Gasteiger partial charge < -0.3 is 14.6 Å². The van der Waals surface area contributed by atoms with Crippen LogP contribution in [0.2, 0.25) is 0 Å². The van der Waals surface area contributed by atoms with E-state index in [1.165, 1.54) is 0 Å². The molecule has 14 heavy (non-hydrogen) atoms. The molecular formula is C11H20O3. The van der Waals surface area contributed by atoms with E-state index in [0.717, 1.165) is 19.3 Å². The van der Waals surface area contributed by atoms with Gasteiger partial charge in [-0.05, 0) is 19.3 Å². The molecule has 0 bridgehead atoms. The first-order valence-corrected chi connectivity index (χ1v) is 5.20. The van der Waals surface area contributed by atoms with Crippen molar-refractivity contribution in [3.63, 3.8) is 0 Å². The minimum Gasteiger partial charge on any atom is -0.396 e. The standard InChI is InChI=1S/C11H20O3/c1-3-4-9-7-11(13-2)8-10(14-9)5-6-12/h3,9-12H,1,4-8H2,2H3/t9-,10-,11+/m1/s1. The van der Waals surface area contributed by atoms with Crippen molar-refractivity contribution in [2.75, 3.05) is 13.7 Å². The van der Waals surface area contributed by atoms with Crippen LogP contribution in [-0.4, -0.2) is 37.1 Å². The Bertz CT molecular complexity index is 170. The monoisotopic (exact) mass is 200 g/mol. The zero-order chi connectivity index (χ0) is 10.4. The van der Waals surface area contributed by atoms with Gasteiger partial charge in [0.1, 0.15) is 0 Å². The Balaban J connectivity index is 2.43. The predicted molar refractivity (Wildman–Crippen MR) is 55.2 cm³/mol. The van der Waals surface area contributed by atoms with Crippen LogP contribution in [0.25, 0.3) is 0 Å². The lowest BCUT2D eigenvalue weighted by molar-refractivity contribution is -0.109. The molecule has 1 aliphatic heterocycles. The second-order valence-corrected chi connectivity index (χ2v) is 3.75. The van der Waals surface area contributed by atoms with Crippen LogP contribution in [0.4, 0.5) is 0 Å². The number of methoxy groups -OCH3 is 1. The first kappa shape index (κ1) is 11.7. The molecule has 3 nitrogen and oxygen atoms in total. The van der Waals surface area contributed by atoms with Crippen LogP contribution in [-0.2, 0) is 9.47 Å². The quantitative estimate of drug-likeness (QED) is 0.684. The number of aliphatic hydroxyl groups excluding tert-OH is 1. The van der Waals surface area contributed by atoms with E-state index in [1.54, 1.807) is 7.11 Å². The van der Waals surface area contributed by atoms with Crippen molar-refractivity contribution < 1.29 is 14.6 Å². The van der Waals surface area contributed by atoms with Crippen molar-refractivity contribution >= 4 is 0 Å². The van der Waals surface area contributed by atoms with E-state index >= 15 is 0 Å². The second-order valence-electron chi connectivity index (χ2n) is 3.75. The molecule has 1 aliphatic rings. The van der Waals surface area contributed by atoms with Gasteiger partial charge in [-0.1, -0.05) is 6.08 Å². The van der Waals surface area contributed by atoms with Crippen molar-refractivity contribution in [2.45, 2.75) is 44.0 Å². The Morgan fingerprint density at radius 1 is 1.50 bits per heavy atom. The van der Waals surface area contributed by atoms with Crippen LogP contribution >= 0.6 is 0 Å². The van der Waals surface area contributed by atoms with Gasteiger partial charge >= 0.3 is 0 Å². The largest absolute Gasteiger partial charge is 0.396 e. The fourth-order valence-electron chi connectivity index (χ4n) is 1.93. The summed E-state index contributed by atoms with van der Waals surface area (Å²) in [5.74, 6) is 0. The number of aliphatic hydroxyl groups is 1. The topological polar surface area (TPSA) is 38.7 Å². The van der Waals surface area contributed by atoms with Gasteiger partial charge in [0.25, 0.3) is 0 Å². The smallest absolute Gasteiger partial charge is 0.0637 e. The summed E-state index contributed by atoms with van der Waals surface area (Å²) in [5.41, 5.74) is 0. The summed E-state index contributed by atoms with van der Waals surface area (Å²) in [4.78, 5) is 0. The molecule has 0 radical (unpaired) electrons. The number of rotatable bonds is 5. The molecule has 0 aromatic carbocycles. The maximum atomic E-state index is 8.85. The maximum absolute atomic E-state index is 8.85. The van der Waals surface area contributed by atoms with Gasteiger partial charge in [0.05, 0.1) is 18.3 Å². The number of hydrogen-bond donors (Lipinski definition) is 1. The Labute approximate surface area is 85.7 Å². The molecule has 3 heteroatoms. The van der Waals surface area contributed by atoms with Crippen molar-refractivity contribution in [3.8, 4) is 0 Å². The summed E-state index contributed by atoms with van der Waals surface area (Å²) in [7, 11) is 1.73. The van der Waals surface area contributed by atoms with Crippen LogP contribution in [0.1, 0.15) is 25.7 Å². The number of hydrogen-bond acceptors (Lipinski definition) is 3. The summed E-state index contributed by atoms with van der Waals surface area (Å²) in [6, 6.07) is 0. The summed E-state index contributed by atoms with van der Waals surface area (Å²) >= 11 is 0. The summed E-state index contributed by atoms with van der Waals surface area (Å²) in [5, 5.41) is 8.85. The highest BCUT2D eigenvalue weighted by Gasteiger charge is 2.28. The van der Waals surface area contributed by atoms with Gasteiger partial charge in [-0.25, -0.2) is 0 Å². The molecular weight excluding hydrogens is 180 g/mol. The van der Waals surface area contributed by atoms with E-state index in [9.17, 15) is 0 Å². The van der Waals surface area contributed by atoms with Crippen LogP contribution < -0.4 is 0 Å². The highest BCUT2D eigenvalue weighted by atomic mass is 16.5. The SMILES string of the molecule is C=CC[C@@H]1C[C@H](OC)C[C@@H](CCO)O1. The average molecular weight is 200 g/mol. The van der Waals surface area contributed by atoms with Gasteiger partial charge in [0.15, 0.2) is 0 Å². The molecule has 1 heterocycles. The molecule has 0 saturated carbocycles. The third-order valence-electron chi connectivity index (χ3n) is 2.65. The minimum atomic E-state index is 0.142. The average Bonchev–Trinajstić information content (AvgIpc) is 2.18. The molecule has 1 N–H and O–H groups in total. The van der Waals surface area contributed by atoms with E-state index in [0.29, 0.717) is 6.42 Å². The Morgan fingerprint density at radius 3 is 2.79 bits per heavy atom. The minimum absolute atomic E-state index is 0.142. The Morgan fingerprint density at radius 2 is 2.21 bits per heavy atom. The molecule has 0 spiro atoms. The normalized spacial score (nSPS) is 32.9. The van der Waals surface area contributed by atoms with Gasteiger partial charge in [0, 0.05) is 20.1 Å². The molecule has 0 aromatic rings. The first-order valence-electron chi connectivity index (χ1n) is 5.20. The molecule has 0 unspecified atom stereocenters. The molecule has 0 aromatic heterocycles. The maximum Gasteiger partial charge on any atom is 0.0637 e. The van der Waals surface area contributed by atoms with E-state index in [4.69, 9.17) is 14.6 Å². The number of ether oxygens (including phenoxy) is 2. The fraction of sp³-hybridized carbons (Fsp3) is 0.818. The van der Waals surface area contributed by atoms with Crippen LogP contribution in [0.5, 0.6) is 0 Å². The summed E-state index contributed by atoms with van der Waals surface area (Å²) in [6.07, 6.45) is 5.89. The summed E-state index contributed by atoms with van der Waals surface area (Å²) < 4.78 is 11.1. The Kier molecular flexibility index (Phi) is 5.15. The first-order chi connectivity index (χ1) is 6.80. The van der Waals surface area contributed by atoms with E-state index in [1.807, 2.05) is 6.08 Å². The van der Waals surface area contributed by atoms with Gasteiger partial charge in [-0.3, -0.25) is 0 Å². The van der Waals surface area contributed by atoms with Crippen LogP contribution in [0.15, 0.2) is 12.7 Å². The lowest BCUT2D eigenvalue weighted by Gasteiger charge is -2.34. The highest BCUT2D eigenvalue weighted by molar-refractivity contribution is 4.82. The molecule has 1 saturated heterocycles. The molecule has 1 fully saturated rings. The molecule has 0 aliphatic carbocycles. The molecule has 3 atom stereocenters. The van der Waals surface area contributed by atoms with Gasteiger partial charge in [-0.15, -0.1) is 6.58 Å². The highest BCUT2D eigenvalue weighted by Crippen LogP contribution is 2.25. The van der Waals surface area contributed by atoms with E-state index in [2.05, 4.69) is 6.58 Å². The molecule has 1 rings (SSSR count). The van der Waals surface area contributed by atoms with Crippen molar-refractivity contribution in [2.24, 2.45) is 0 Å². The van der Waals surface area contributed by atoms with Crippen molar-refractivity contribution in [1.29, 1.82) is 0 Å². The predicted octanol–water partition coefficient (Wildman–Crippen LogP) is 1.51. The molecule has 0 amide bonds. The fourth-order valence-corrected chi connectivity index (χ4v) is 1.93. The zero-order valence-corrected chi connectivity index (χ0v) is 8.82. The van der Waals surface area contributed by atoms with E-state index in [-0.39, 0.29) is 24.9 Å². The van der Waals surface area contributed by atoms with Crippen LogP contribution in [0, 0.1) is 0 Å². The Hall–Kier alpha value is -0.380.